The maximum atomic E-state index is 12.0. The fourth-order valence-corrected chi connectivity index (χ4v) is 2.96. The van der Waals surface area contributed by atoms with Crippen molar-refractivity contribution in [1.82, 2.24) is 19.9 Å². The van der Waals surface area contributed by atoms with Gasteiger partial charge in [-0.15, -0.1) is 5.10 Å². The van der Waals surface area contributed by atoms with Gasteiger partial charge >= 0.3 is 12.1 Å². The van der Waals surface area contributed by atoms with Gasteiger partial charge in [-0.25, -0.2) is 19.1 Å². The molecule has 0 aromatic carbocycles. The Bertz CT molecular complexity index is 826. The number of nitrogens with zero attached hydrogens (tertiary/aromatic N) is 4. The van der Waals surface area contributed by atoms with E-state index in [-0.39, 0.29) is 11.7 Å². The van der Waals surface area contributed by atoms with E-state index in [0.29, 0.717) is 18.0 Å². The van der Waals surface area contributed by atoms with E-state index in [4.69, 9.17) is 4.74 Å². The highest BCUT2D eigenvalue weighted by Crippen LogP contribution is 2.19. The number of fused-ring (bicyclic) bond motifs is 1. The molecule has 3 heterocycles. The summed E-state index contributed by atoms with van der Waals surface area (Å²) in [6.45, 7) is 6.83. The number of aromatic nitrogens is 3. The lowest BCUT2D eigenvalue weighted by Gasteiger charge is -2.34. The van der Waals surface area contributed by atoms with Gasteiger partial charge < -0.3 is 20.1 Å². The van der Waals surface area contributed by atoms with Crippen molar-refractivity contribution in [2.45, 2.75) is 45.3 Å². The molecule has 0 unspecified atom stereocenters. The van der Waals surface area contributed by atoms with Crippen LogP contribution in [0.3, 0.4) is 0 Å². The van der Waals surface area contributed by atoms with Gasteiger partial charge in [0.15, 0.2) is 11.3 Å². The maximum absolute atomic E-state index is 12.0. The number of ether oxygens (including phenoxy) is 1. The van der Waals surface area contributed by atoms with Crippen LogP contribution in [0.25, 0.3) is 5.65 Å². The van der Waals surface area contributed by atoms with Crippen molar-refractivity contribution in [2.24, 2.45) is 0 Å². The van der Waals surface area contributed by atoms with Crippen molar-refractivity contribution in [1.29, 1.82) is 0 Å². The second-order valence-corrected chi connectivity index (χ2v) is 7.34. The summed E-state index contributed by atoms with van der Waals surface area (Å²) in [6, 6.07) is 3.49. The average Bonchev–Trinajstić information content (AvgIpc) is 2.96. The first-order chi connectivity index (χ1) is 12.2. The normalized spacial score (nSPS) is 18.0. The Balaban J connectivity index is 1.73. The number of alkyl carbamates (subject to hydrolysis) is 1. The molecule has 2 aromatic rings. The van der Waals surface area contributed by atoms with Crippen LogP contribution in [0.4, 0.5) is 10.6 Å². The molecule has 1 amide bonds. The summed E-state index contributed by atoms with van der Waals surface area (Å²) < 4.78 is 6.63. The minimum absolute atomic E-state index is 0.0160. The summed E-state index contributed by atoms with van der Waals surface area (Å²) >= 11 is 0. The molecule has 1 saturated heterocycles. The molecule has 0 saturated carbocycles. The first-order valence-electron chi connectivity index (χ1n) is 8.55. The van der Waals surface area contributed by atoms with E-state index in [1.807, 2.05) is 31.7 Å². The SMILES string of the molecule is CC(C)(C)OC(=O)N[C@@H]1CCCN(c2ccc3ncc(C(=O)O)n3n2)C1. The Morgan fingerprint density at radius 1 is 1.35 bits per heavy atom. The number of carbonyl (C=O) groups is 2. The van der Waals surface area contributed by atoms with Gasteiger partial charge in [0, 0.05) is 19.1 Å². The Morgan fingerprint density at radius 3 is 2.81 bits per heavy atom. The van der Waals surface area contributed by atoms with Crippen LogP contribution < -0.4 is 10.2 Å². The van der Waals surface area contributed by atoms with Crippen molar-refractivity contribution >= 4 is 23.5 Å². The molecule has 0 aliphatic carbocycles. The third-order valence-electron chi connectivity index (χ3n) is 4.03. The number of rotatable bonds is 3. The predicted molar refractivity (Wildman–Crippen MR) is 94.6 cm³/mol. The van der Waals surface area contributed by atoms with Crippen LogP contribution >= 0.6 is 0 Å². The molecule has 2 N–H and O–H groups in total. The molecule has 26 heavy (non-hydrogen) atoms. The van der Waals surface area contributed by atoms with Crippen LogP contribution in [0.5, 0.6) is 0 Å². The summed E-state index contributed by atoms with van der Waals surface area (Å²) in [7, 11) is 0. The Hall–Kier alpha value is -2.84. The molecule has 1 atom stereocenters. The number of piperidine rings is 1. The minimum atomic E-state index is -1.08. The standard InChI is InChI=1S/C17H23N5O4/c1-17(2,3)26-16(25)19-11-5-4-8-21(10-11)14-7-6-13-18-9-12(15(23)24)22(13)20-14/h6-7,9,11H,4-5,8,10H2,1-3H3,(H,19,25)(H,23,24)/t11-/m1/s1. The summed E-state index contributed by atoms with van der Waals surface area (Å²) in [5.41, 5.74) is -0.0476. The zero-order valence-corrected chi connectivity index (χ0v) is 15.1. The maximum Gasteiger partial charge on any atom is 0.407 e. The first kappa shape index (κ1) is 18.0. The van der Waals surface area contributed by atoms with Crippen LogP contribution in [0, 0.1) is 0 Å². The number of carboxylic acid groups (broad SMARTS) is 1. The number of hydrogen-bond acceptors (Lipinski definition) is 6. The Morgan fingerprint density at radius 2 is 2.12 bits per heavy atom. The van der Waals surface area contributed by atoms with Crippen LogP contribution in [0.1, 0.15) is 44.1 Å². The molecule has 2 aromatic heterocycles. The number of aromatic carboxylic acids is 1. The molecular formula is C17H23N5O4. The fraction of sp³-hybridized carbons (Fsp3) is 0.529. The Kier molecular flexibility index (Phi) is 4.71. The molecular weight excluding hydrogens is 338 g/mol. The van der Waals surface area contributed by atoms with Crippen molar-refractivity contribution in [2.75, 3.05) is 18.0 Å². The Labute approximate surface area is 151 Å². The number of anilines is 1. The van der Waals surface area contributed by atoms with Crippen LogP contribution in [0.15, 0.2) is 18.3 Å². The third kappa shape index (κ3) is 4.04. The van der Waals surface area contributed by atoms with Gasteiger partial charge in [0.2, 0.25) is 0 Å². The quantitative estimate of drug-likeness (QED) is 0.859. The smallest absolute Gasteiger partial charge is 0.407 e. The van der Waals surface area contributed by atoms with E-state index in [2.05, 4.69) is 15.4 Å². The number of hydrogen-bond donors (Lipinski definition) is 2. The van der Waals surface area contributed by atoms with Gasteiger partial charge in [0.25, 0.3) is 0 Å². The van der Waals surface area contributed by atoms with Gasteiger partial charge in [0.1, 0.15) is 11.4 Å². The monoisotopic (exact) mass is 361 g/mol. The van der Waals surface area contributed by atoms with Gasteiger partial charge in [-0.3, -0.25) is 0 Å². The van der Waals surface area contributed by atoms with Gasteiger partial charge in [-0.2, -0.15) is 0 Å². The zero-order chi connectivity index (χ0) is 18.9. The number of nitrogens with one attached hydrogen (secondary N) is 1. The number of amides is 1. The van der Waals surface area contributed by atoms with Crippen LogP contribution in [-0.2, 0) is 4.74 Å². The number of carbonyl (C=O) groups excluding carboxylic acids is 1. The van der Waals surface area contributed by atoms with Gasteiger partial charge in [0.05, 0.1) is 6.20 Å². The van der Waals surface area contributed by atoms with E-state index in [1.54, 1.807) is 6.07 Å². The molecule has 140 valence electrons. The van der Waals surface area contributed by atoms with Crippen LogP contribution in [0.2, 0.25) is 0 Å². The lowest BCUT2D eigenvalue weighted by molar-refractivity contribution is 0.0499. The summed E-state index contributed by atoms with van der Waals surface area (Å²) in [5.74, 6) is -0.432. The highest BCUT2D eigenvalue weighted by molar-refractivity contribution is 5.86. The largest absolute Gasteiger partial charge is 0.476 e. The van der Waals surface area contributed by atoms with Crippen LogP contribution in [-0.4, -0.2) is 56.5 Å². The number of imidazole rings is 1. The topological polar surface area (TPSA) is 109 Å². The second kappa shape index (κ2) is 6.81. The predicted octanol–water partition coefficient (Wildman–Crippen LogP) is 1.92. The fourth-order valence-electron chi connectivity index (χ4n) is 2.96. The molecule has 9 heteroatoms. The summed E-state index contributed by atoms with van der Waals surface area (Å²) in [4.78, 5) is 29.3. The first-order valence-corrected chi connectivity index (χ1v) is 8.55. The van der Waals surface area contributed by atoms with E-state index in [0.717, 1.165) is 19.4 Å². The molecule has 9 nitrogen and oxygen atoms in total. The van der Waals surface area contributed by atoms with E-state index in [1.165, 1.54) is 10.7 Å². The molecule has 0 radical (unpaired) electrons. The van der Waals surface area contributed by atoms with Crippen molar-refractivity contribution in [3.05, 3.63) is 24.0 Å². The summed E-state index contributed by atoms with van der Waals surface area (Å²) in [6.07, 6.45) is 2.59. The van der Waals surface area contributed by atoms with E-state index >= 15 is 0 Å². The van der Waals surface area contributed by atoms with E-state index < -0.39 is 17.7 Å². The zero-order valence-electron chi connectivity index (χ0n) is 15.1. The highest BCUT2D eigenvalue weighted by atomic mass is 16.6. The molecule has 1 aliphatic rings. The molecule has 0 bridgehead atoms. The van der Waals surface area contributed by atoms with Gasteiger partial charge in [-0.1, -0.05) is 0 Å². The van der Waals surface area contributed by atoms with Crippen molar-refractivity contribution in [3.63, 3.8) is 0 Å². The summed E-state index contributed by atoms with van der Waals surface area (Å²) in [5, 5.41) is 16.5. The average molecular weight is 361 g/mol. The number of carboxylic acids is 1. The van der Waals surface area contributed by atoms with E-state index in [9.17, 15) is 14.7 Å². The van der Waals surface area contributed by atoms with Crippen molar-refractivity contribution in [3.8, 4) is 0 Å². The molecule has 0 spiro atoms. The second-order valence-electron chi connectivity index (χ2n) is 7.34. The molecule has 1 aliphatic heterocycles. The molecule has 3 rings (SSSR count). The third-order valence-corrected chi connectivity index (χ3v) is 4.03. The lowest BCUT2D eigenvalue weighted by Crippen LogP contribution is -2.49. The van der Waals surface area contributed by atoms with Gasteiger partial charge in [-0.05, 0) is 45.7 Å². The lowest BCUT2D eigenvalue weighted by atomic mass is 10.1. The molecule has 1 fully saturated rings. The van der Waals surface area contributed by atoms with Crippen molar-refractivity contribution < 1.29 is 19.4 Å². The highest BCUT2D eigenvalue weighted by Gasteiger charge is 2.25. The minimum Gasteiger partial charge on any atom is -0.476 e.